The minimum atomic E-state index is -0.118. The number of ether oxygens (including phenoxy) is 1. The van der Waals surface area contributed by atoms with E-state index in [1.165, 1.54) is 0 Å². The number of amides is 1. The topological polar surface area (TPSA) is 70.0 Å². The summed E-state index contributed by atoms with van der Waals surface area (Å²) >= 11 is 0. The first-order valence-corrected chi connectivity index (χ1v) is 10.3. The summed E-state index contributed by atoms with van der Waals surface area (Å²) < 4.78 is 5.53. The van der Waals surface area contributed by atoms with E-state index in [0.717, 1.165) is 76.0 Å². The van der Waals surface area contributed by atoms with Crippen molar-refractivity contribution in [2.75, 3.05) is 13.7 Å². The molecular formula is C24H25NO4. The number of carbonyl (C=O) groups is 1. The molecule has 1 unspecified atom stereocenters. The number of carbonyl (C=O) groups excluding carboxylic acids is 1. The van der Waals surface area contributed by atoms with Gasteiger partial charge in [-0.3, -0.25) is 4.79 Å². The minimum Gasteiger partial charge on any atom is -0.496 e. The van der Waals surface area contributed by atoms with Crippen molar-refractivity contribution in [3.8, 4) is 5.75 Å². The van der Waals surface area contributed by atoms with Crippen LogP contribution in [0.15, 0.2) is 30.3 Å². The number of hydrogen-bond donors (Lipinski definition) is 2. The first-order chi connectivity index (χ1) is 14.2. The highest BCUT2D eigenvalue weighted by molar-refractivity contribution is 6.20. The maximum Gasteiger partial charge on any atom is 0.255 e. The number of aliphatic hydroxyl groups is 2. The Balaban J connectivity index is 1.90. The number of nitrogens with zero attached hydrogens (tertiary/aromatic N) is 1. The number of aliphatic hydroxyl groups excluding tert-OH is 2. The van der Waals surface area contributed by atoms with Crippen LogP contribution in [0.2, 0.25) is 0 Å². The van der Waals surface area contributed by atoms with E-state index in [-0.39, 0.29) is 25.2 Å². The second-order valence-electron chi connectivity index (χ2n) is 8.11. The van der Waals surface area contributed by atoms with Crippen molar-refractivity contribution < 1.29 is 19.7 Å². The van der Waals surface area contributed by atoms with Gasteiger partial charge in [-0.1, -0.05) is 12.1 Å². The number of rotatable bonds is 3. The number of methoxy groups -OCH3 is 1. The van der Waals surface area contributed by atoms with Crippen LogP contribution < -0.4 is 4.74 Å². The van der Waals surface area contributed by atoms with Crippen LogP contribution in [-0.4, -0.2) is 40.7 Å². The third kappa shape index (κ3) is 2.72. The summed E-state index contributed by atoms with van der Waals surface area (Å²) in [4.78, 5) is 15.6. The second kappa shape index (κ2) is 7.01. The standard InChI is InChI=1S/C24H25NO4/c1-29-22-11-20-19(9-15(22)13-27)18-8-14(12-26)5-6-17(18)23-21(20)10-16-4-2-3-7-25(16)24(23)28/h5-6,8-9,11,16,26-27H,2-4,7,10,12-13H2,1H3. The van der Waals surface area contributed by atoms with Crippen LogP contribution in [0.4, 0.5) is 0 Å². The van der Waals surface area contributed by atoms with Crippen molar-refractivity contribution in [2.24, 2.45) is 0 Å². The Morgan fingerprint density at radius 3 is 2.62 bits per heavy atom. The SMILES string of the molecule is COc1cc2c3c(c4ccc(CO)cc4c2cc1CO)C(=O)N1CCCCC1C3. The van der Waals surface area contributed by atoms with E-state index in [9.17, 15) is 15.0 Å². The number of benzene rings is 3. The molecule has 29 heavy (non-hydrogen) atoms. The fourth-order valence-electron chi connectivity index (χ4n) is 5.15. The van der Waals surface area contributed by atoms with Gasteiger partial charge in [0.2, 0.25) is 0 Å². The van der Waals surface area contributed by atoms with Gasteiger partial charge in [0.15, 0.2) is 0 Å². The van der Waals surface area contributed by atoms with Crippen molar-refractivity contribution in [3.05, 3.63) is 52.6 Å². The number of fused-ring (bicyclic) bond motifs is 7. The Bertz CT molecular complexity index is 1140. The number of hydrogen-bond acceptors (Lipinski definition) is 4. The van der Waals surface area contributed by atoms with Gasteiger partial charge in [0.25, 0.3) is 5.91 Å². The summed E-state index contributed by atoms with van der Waals surface area (Å²) in [6, 6.07) is 10.0. The second-order valence-corrected chi connectivity index (χ2v) is 8.11. The molecule has 1 fully saturated rings. The zero-order valence-corrected chi connectivity index (χ0v) is 16.6. The summed E-state index contributed by atoms with van der Waals surface area (Å²) in [5, 5.41) is 23.4. The molecule has 1 atom stereocenters. The van der Waals surface area contributed by atoms with Crippen LogP contribution >= 0.6 is 0 Å². The van der Waals surface area contributed by atoms with Crippen molar-refractivity contribution in [1.29, 1.82) is 0 Å². The minimum absolute atomic E-state index is 0.0559. The van der Waals surface area contributed by atoms with Gasteiger partial charge in [-0.05, 0) is 76.6 Å². The molecule has 5 heteroatoms. The van der Waals surface area contributed by atoms with Gasteiger partial charge < -0.3 is 19.8 Å². The molecule has 0 radical (unpaired) electrons. The molecule has 0 aromatic heterocycles. The van der Waals surface area contributed by atoms with Crippen LogP contribution in [-0.2, 0) is 19.6 Å². The predicted molar refractivity (Wildman–Crippen MR) is 112 cm³/mol. The summed E-state index contributed by atoms with van der Waals surface area (Å²) in [5.74, 6) is 0.753. The zero-order valence-electron chi connectivity index (χ0n) is 16.6. The van der Waals surface area contributed by atoms with Crippen molar-refractivity contribution in [3.63, 3.8) is 0 Å². The molecule has 2 aliphatic heterocycles. The summed E-state index contributed by atoms with van der Waals surface area (Å²) in [5.41, 5.74) is 3.39. The lowest BCUT2D eigenvalue weighted by molar-refractivity contribution is 0.0586. The maximum absolute atomic E-state index is 13.5. The Kier molecular flexibility index (Phi) is 4.45. The lowest BCUT2D eigenvalue weighted by Gasteiger charge is -2.41. The van der Waals surface area contributed by atoms with Crippen LogP contribution in [0, 0.1) is 0 Å². The molecule has 5 nitrogen and oxygen atoms in total. The third-order valence-corrected chi connectivity index (χ3v) is 6.59. The average molecular weight is 391 g/mol. The Morgan fingerprint density at radius 1 is 1.03 bits per heavy atom. The van der Waals surface area contributed by atoms with Gasteiger partial charge in [0.1, 0.15) is 5.75 Å². The molecule has 3 aromatic rings. The van der Waals surface area contributed by atoms with E-state index >= 15 is 0 Å². The van der Waals surface area contributed by atoms with E-state index in [1.54, 1.807) is 7.11 Å². The van der Waals surface area contributed by atoms with Gasteiger partial charge >= 0.3 is 0 Å². The highest BCUT2D eigenvalue weighted by Crippen LogP contribution is 2.41. The molecule has 2 heterocycles. The predicted octanol–water partition coefficient (Wildman–Crippen LogP) is 3.54. The molecular weight excluding hydrogens is 366 g/mol. The molecule has 1 saturated heterocycles. The molecule has 2 N–H and O–H groups in total. The lowest BCUT2D eigenvalue weighted by Crippen LogP contribution is -2.48. The largest absolute Gasteiger partial charge is 0.496 e. The van der Waals surface area contributed by atoms with E-state index in [1.807, 2.05) is 30.3 Å². The molecule has 0 aliphatic carbocycles. The fraction of sp³-hybridized carbons (Fsp3) is 0.375. The zero-order chi connectivity index (χ0) is 20.1. The summed E-state index contributed by atoms with van der Waals surface area (Å²) in [6.07, 6.45) is 4.11. The van der Waals surface area contributed by atoms with E-state index in [4.69, 9.17) is 4.74 Å². The Hall–Kier alpha value is -2.63. The van der Waals surface area contributed by atoms with E-state index in [0.29, 0.717) is 5.75 Å². The van der Waals surface area contributed by atoms with Gasteiger partial charge in [-0.15, -0.1) is 0 Å². The normalized spacial score (nSPS) is 18.8. The fourth-order valence-corrected chi connectivity index (χ4v) is 5.15. The molecule has 5 rings (SSSR count). The van der Waals surface area contributed by atoms with Crippen LogP contribution in [0.1, 0.15) is 46.3 Å². The molecule has 0 spiro atoms. The monoisotopic (exact) mass is 391 g/mol. The molecule has 0 bridgehead atoms. The average Bonchev–Trinajstić information content (AvgIpc) is 2.77. The molecule has 3 aromatic carbocycles. The lowest BCUT2D eigenvalue weighted by atomic mass is 9.81. The first-order valence-electron chi connectivity index (χ1n) is 10.3. The van der Waals surface area contributed by atoms with Crippen LogP contribution in [0.3, 0.4) is 0 Å². The highest BCUT2D eigenvalue weighted by atomic mass is 16.5. The van der Waals surface area contributed by atoms with Gasteiger partial charge in [0, 0.05) is 18.2 Å². The molecule has 2 aliphatic rings. The van der Waals surface area contributed by atoms with Crippen molar-refractivity contribution in [1.82, 2.24) is 4.90 Å². The van der Waals surface area contributed by atoms with Gasteiger partial charge in [-0.25, -0.2) is 0 Å². The highest BCUT2D eigenvalue weighted by Gasteiger charge is 2.36. The first kappa shape index (κ1) is 18.4. The maximum atomic E-state index is 13.5. The van der Waals surface area contributed by atoms with Crippen molar-refractivity contribution in [2.45, 2.75) is 44.9 Å². The Morgan fingerprint density at radius 2 is 1.86 bits per heavy atom. The van der Waals surface area contributed by atoms with Crippen LogP contribution in [0.25, 0.3) is 21.5 Å². The summed E-state index contributed by atoms with van der Waals surface area (Å²) in [6.45, 7) is 0.649. The van der Waals surface area contributed by atoms with Crippen LogP contribution in [0.5, 0.6) is 5.75 Å². The Labute approximate surface area is 169 Å². The third-order valence-electron chi connectivity index (χ3n) is 6.59. The van der Waals surface area contributed by atoms with Gasteiger partial charge in [0.05, 0.1) is 25.9 Å². The quantitative estimate of drug-likeness (QED) is 0.670. The summed E-state index contributed by atoms with van der Waals surface area (Å²) in [7, 11) is 1.60. The molecule has 1 amide bonds. The molecule has 0 saturated carbocycles. The number of piperidine rings is 1. The van der Waals surface area contributed by atoms with E-state index in [2.05, 4.69) is 4.90 Å². The molecule has 150 valence electrons. The van der Waals surface area contributed by atoms with E-state index < -0.39 is 0 Å². The smallest absolute Gasteiger partial charge is 0.255 e. The van der Waals surface area contributed by atoms with Gasteiger partial charge in [-0.2, -0.15) is 0 Å². The van der Waals surface area contributed by atoms with Crippen molar-refractivity contribution >= 4 is 27.5 Å².